The molecule has 9 heteroatoms. The zero-order chi connectivity index (χ0) is 20.5. The first-order valence-electron chi connectivity index (χ1n) is 9.35. The first kappa shape index (κ1) is 18.6. The Bertz CT molecular complexity index is 1210. The smallest absolute Gasteiger partial charge is 0.269 e. The van der Waals surface area contributed by atoms with Gasteiger partial charge in [0.25, 0.3) is 5.56 Å². The second kappa shape index (κ2) is 7.34. The molecule has 0 bridgehead atoms. The van der Waals surface area contributed by atoms with Gasteiger partial charge in [0.1, 0.15) is 17.0 Å². The van der Waals surface area contributed by atoms with Gasteiger partial charge in [-0.2, -0.15) is 10.1 Å². The molecule has 0 aliphatic heterocycles. The molecule has 148 valence electrons. The molecule has 1 atom stereocenters. The maximum absolute atomic E-state index is 13.3. The fraction of sp³-hybridized carbons (Fsp3) is 0.250. The van der Waals surface area contributed by atoms with Gasteiger partial charge in [-0.05, 0) is 25.5 Å². The molecule has 1 unspecified atom stereocenters. The van der Waals surface area contributed by atoms with Gasteiger partial charge in [0.15, 0.2) is 5.65 Å². The Labute approximate surface area is 167 Å². The van der Waals surface area contributed by atoms with Gasteiger partial charge in [-0.1, -0.05) is 25.1 Å². The summed E-state index contributed by atoms with van der Waals surface area (Å²) in [5.41, 5.74) is 7.67. The number of aromatic nitrogens is 6. The number of hydrogen-bond acceptors (Lipinski definition) is 7. The largest absolute Gasteiger partial charge is 0.368 e. The van der Waals surface area contributed by atoms with E-state index in [1.807, 2.05) is 50.2 Å². The summed E-state index contributed by atoms with van der Waals surface area (Å²) in [7, 11) is 1.77. The Balaban J connectivity index is 1.92. The van der Waals surface area contributed by atoms with Crippen molar-refractivity contribution in [2.24, 2.45) is 7.05 Å². The van der Waals surface area contributed by atoms with Crippen LogP contribution in [0.1, 0.15) is 30.9 Å². The number of anilines is 2. The number of nitrogens with zero attached hydrogens (tertiary/aromatic N) is 6. The molecular weight excluding hydrogens is 368 g/mol. The summed E-state index contributed by atoms with van der Waals surface area (Å²) in [6.45, 7) is 3.87. The number of rotatable bonds is 5. The Morgan fingerprint density at radius 3 is 2.62 bits per heavy atom. The molecule has 0 fully saturated rings. The van der Waals surface area contributed by atoms with Gasteiger partial charge >= 0.3 is 0 Å². The number of aryl methyl sites for hydroxylation is 2. The molecule has 0 spiro atoms. The van der Waals surface area contributed by atoms with Gasteiger partial charge in [0, 0.05) is 18.8 Å². The van der Waals surface area contributed by atoms with Crippen LogP contribution in [0.15, 0.2) is 47.4 Å². The van der Waals surface area contributed by atoms with E-state index in [0.717, 1.165) is 11.4 Å². The van der Waals surface area contributed by atoms with Gasteiger partial charge in [0.05, 0.1) is 17.9 Å². The molecule has 3 aromatic heterocycles. The van der Waals surface area contributed by atoms with Crippen LogP contribution in [0.4, 0.5) is 11.8 Å². The number of hydrogen-bond donors (Lipinski definition) is 2. The van der Waals surface area contributed by atoms with Crippen LogP contribution in [-0.4, -0.2) is 29.3 Å². The van der Waals surface area contributed by atoms with Crippen LogP contribution in [0.5, 0.6) is 0 Å². The molecule has 0 radical (unpaired) electrons. The predicted molar refractivity (Wildman–Crippen MR) is 112 cm³/mol. The van der Waals surface area contributed by atoms with E-state index < -0.39 is 0 Å². The minimum atomic E-state index is -0.282. The van der Waals surface area contributed by atoms with Crippen molar-refractivity contribution < 1.29 is 0 Å². The summed E-state index contributed by atoms with van der Waals surface area (Å²) >= 11 is 0. The molecule has 0 amide bonds. The minimum absolute atomic E-state index is 0.164. The number of nitrogens with two attached hydrogens (primary N) is 1. The SMILES string of the molecule is CCC(Nc1cc(C)nc(N)n1)c1nc2c(cnn2C)c(=O)n1-c1ccccc1. The Morgan fingerprint density at radius 1 is 1.17 bits per heavy atom. The van der Waals surface area contributed by atoms with Crippen molar-refractivity contribution >= 4 is 22.8 Å². The first-order chi connectivity index (χ1) is 14.0. The summed E-state index contributed by atoms with van der Waals surface area (Å²) in [5, 5.41) is 8.03. The maximum Gasteiger partial charge on any atom is 0.269 e. The van der Waals surface area contributed by atoms with Crippen LogP contribution >= 0.6 is 0 Å². The zero-order valence-corrected chi connectivity index (χ0v) is 16.5. The monoisotopic (exact) mass is 390 g/mol. The van der Waals surface area contributed by atoms with Crippen molar-refractivity contribution in [1.82, 2.24) is 29.3 Å². The van der Waals surface area contributed by atoms with E-state index in [1.165, 1.54) is 0 Å². The molecule has 1 aromatic carbocycles. The quantitative estimate of drug-likeness (QED) is 0.537. The van der Waals surface area contributed by atoms with E-state index in [4.69, 9.17) is 10.7 Å². The van der Waals surface area contributed by atoms with Crippen LogP contribution in [0.2, 0.25) is 0 Å². The minimum Gasteiger partial charge on any atom is -0.368 e. The molecule has 29 heavy (non-hydrogen) atoms. The third kappa shape index (κ3) is 3.42. The highest BCUT2D eigenvalue weighted by Gasteiger charge is 2.22. The van der Waals surface area contributed by atoms with Gasteiger partial charge in [-0.15, -0.1) is 0 Å². The fourth-order valence-corrected chi connectivity index (χ4v) is 3.35. The van der Waals surface area contributed by atoms with Crippen molar-refractivity contribution in [3.8, 4) is 5.69 Å². The highest BCUT2D eigenvalue weighted by molar-refractivity contribution is 5.74. The molecule has 0 aliphatic rings. The number of para-hydroxylation sites is 1. The summed E-state index contributed by atoms with van der Waals surface area (Å²) in [5.74, 6) is 1.35. The third-order valence-corrected chi connectivity index (χ3v) is 4.72. The summed E-state index contributed by atoms with van der Waals surface area (Å²) < 4.78 is 3.23. The third-order valence-electron chi connectivity index (χ3n) is 4.72. The van der Waals surface area contributed by atoms with Crippen molar-refractivity contribution in [2.75, 3.05) is 11.1 Å². The van der Waals surface area contributed by atoms with Crippen LogP contribution in [0, 0.1) is 6.92 Å². The molecule has 0 saturated carbocycles. The number of nitrogen functional groups attached to an aromatic ring is 1. The van der Waals surface area contributed by atoms with E-state index in [-0.39, 0.29) is 17.5 Å². The molecular formula is C20H22N8O. The lowest BCUT2D eigenvalue weighted by Crippen LogP contribution is -2.28. The Morgan fingerprint density at radius 2 is 1.93 bits per heavy atom. The van der Waals surface area contributed by atoms with Crippen LogP contribution < -0.4 is 16.6 Å². The summed E-state index contributed by atoms with van der Waals surface area (Å²) in [4.78, 5) is 26.5. The number of nitrogens with one attached hydrogen (secondary N) is 1. The van der Waals surface area contributed by atoms with Gasteiger partial charge in [-0.25, -0.2) is 9.97 Å². The van der Waals surface area contributed by atoms with E-state index in [2.05, 4.69) is 20.4 Å². The normalized spacial score (nSPS) is 12.2. The van der Waals surface area contributed by atoms with Crippen molar-refractivity contribution in [1.29, 1.82) is 0 Å². The molecule has 3 heterocycles. The van der Waals surface area contributed by atoms with Gasteiger partial charge < -0.3 is 11.1 Å². The lowest BCUT2D eigenvalue weighted by molar-refractivity contribution is 0.653. The predicted octanol–water partition coefficient (Wildman–Crippen LogP) is 2.36. The molecule has 3 N–H and O–H groups in total. The zero-order valence-electron chi connectivity index (χ0n) is 16.5. The van der Waals surface area contributed by atoms with E-state index in [0.29, 0.717) is 29.1 Å². The van der Waals surface area contributed by atoms with Gasteiger partial charge in [-0.3, -0.25) is 14.0 Å². The molecule has 4 aromatic rings. The Kier molecular flexibility index (Phi) is 4.71. The maximum atomic E-state index is 13.3. The van der Waals surface area contributed by atoms with Crippen LogP contribution in [0.3, 0.4) is 0 Å². The second-order valence-corrected chi connectivity index (χ2v) is 6.81. The van der Waals surface area contributed by atoms with Crippen molar-refractivity contribution in [2.45, 2.75) is 26.3 Å². The molecule has 4 rings (SSSR count). The lowest BCUT2D eigenvalue weighted by Gasteiger charge is -2.22. The topological polar surface area (TPSA) is 117 Å². The average Bonchev–Trinajstić information content (AvgIpc) is 3.07. The standard InChI is InChI=1S/C20H22N8O/c1-4-15(24-16-10-12(2)23-20(21)25-16)18-26-17-14(11-22-27(17)3)19(29)28(18)13-8-6-5-7-9-13/h5-11,15H,4H2,1-3H3,(H3,21,23,24,25). The Hall–Kier alpha value is -3.75. The fourth-order valence-electron chi connectivity index (χ4n) is 3.35. The highest BCUT2D eigenvalue weighted by Crippen LogP contribution is 2.24. The average molecular weight is 390 g/mol. The van der Waals surface area contributed by atoms with E-state index >= 15 is 0 Å². The summed E-state index contributed by atoms with van der Waals surface area (Å²) in [6.07, 6.45) is 2.22. The van der Waals surface area contributed by atoms with Crippen molar-refractivity contribution in [3.63, 3.8) is 0 Å². The molecule has 9 nitrogen and oxygen atoms in total. The van der Waals surface area contributed by atoms with Gasteiger partial charge in [0.2, 0.25) is 5.95 Å². The van der Waals surface area contributed by atoms with Crippen LogP contribution in [-0.2, 0) is 7.05 Å². The number of benzene rings is 1. The first-order valence-corrected chi connectivity index (χ1v) is 9.35. The van der Waals surface area contributed by atoms with Crippen LogP contribution in [0.25, 0.3) is 16.7 Å². The molecule has 0 aliphatic carbocycles. The highest BCUT2D eigenvalue weighted by atomic mass is 16.1. The van der Waals surface area contributed by atoms with E-state index in [9.17, 15) is 4.79 Å². The molecule has 0 saturated heterocycles. The summed E-state index contributed by atoms with van der Waals surface area (Å²) in [6, 6.07) is 11.0. The lowest BCUT2D eigenvalue weighted by atomic mass is 10.1. The van der Waals surface area contributed by atoms with E-state index in [1.54, 1.807) is 22.5 Å². The number of fused-ring (bicyclic) bond motifs is 1. The van der Waals surface area contributed by atoms with Crippen molar-refractivity contribution in [3.05, 3.63) is 64.5 Å². The second-order valence-electron chi connectivity index (χ2n) is 6.81.